The van der Waals surface area contributed by atoms with Crippen LogP contribution in [0.25, 0.3) is 11.3 Å². The monoisotopic (exact) mass is 503 g/mol. The molecule has 1 atom stereocenters. The van der Waals surface area contributed by atoms with Crippen LogP contribution in [0.2, 0.25) is 0 Å². The molecule has 0 spiro atoms. The zero-order valence-corrected chi connectivity index (χ0v) is 20.0. The number of hydrogen-bond donors (Lipinski definition) is 2. The van der Waals surface area contributed by atoms with E-state index in [0.717, 1.165) is 44.3 Å². The molecule has 3 rings (SSSR count). The average Bonchev–Trinajstić information content (AvgIpc) is 2.76. The van der Waals surface area contributed by atoms with Crippen LogP contribution in [0, 0.1) is 19.8 Å². The third-order valence-corrected chi connectivity index (χ3v) is 5.43. The van der Waals surface area contributed by atoms with Crippen LogP contribution in [-0.2, 0) is 16.2 Å². The Labute approximate surface area is 197 Å². The van der Waals surface area contributed by atoms with E-state index < -0.39 is 27.9 Å². The molecule has 2 heterocycles. The van der Waals surface area contributed by atoms with Crippen LogP contribution in [0.5, 0.6) is 0 Å². The third kappa shape index (κ3) is 9.15. The van der Waals surface area contributed by atoms with Gasteiger partial charge in [0.05, 0.1) is 23.2 Å². The number of nitrogen functional groups attached to an aromatic ring is 1. The molecule has 3 N–H and O–H groups in total. The van der Waals surface area contributed by atoms with Crippen molar-refractivity contribution in [2.45, 2.75) is 39.0 Å². The van der Waals surface area contributed by atoms with Crippen molar-refractivity contribution < 1.29 is 26.0 Å². The first-order valence-electron chi connectivity index (χ1n) is 10.3. The van der Waals surface area contributed by atoms with Gasteiger partial charge in [0.25, 0.3) is 0 Å². The Bertz CT molecular complexity index is 1070. The minimum Gasteiger partial charge on any atom is -0.382 e. The number of likely N-dealkylation sites (tertiary alicyclic amines) is 1. The second-order valence-corrected chi connectivity index (χ2v) is 9.31. The predicted molar refractivity (Wildman–Crippen MR) is 126 cm³/mol. The maximum atomic E-state index is 12.8. The number of alkyl halides is 4. The molecular weight excluding hydrogens is 474 g/mol. The van der Waals surface area contributed by atoms with Crippen molar-refractivity contribution in [3.05, 3.63) is 35.4 Å². The lowest BCUT2D eigenvalue weighted by Gasteiger charge is -2.27. The Morgan fingerprint density at radius 2 is 1.88 bits per heavy atom. The first kappa shape index (κ1) is 29.1. The van der Waals surface area contributed by atoms with Crippen LogP contribution in [0.15, 0.2) is 24.3 Å². The maximum Gasteiger partial charge on any atom is 0.416 e. The van der Waals surface area contributed by atoms with Crippen molar-refractivity contribution in [2.24, 2.45) is 0 Å². The van der Waals surface area contributed by atoms with Crippen LogP contribution in [0.4, 0.5) is 29.1 Å². The maximum absolute atomic E-state index is 12.8. The summed E-state index contributed by atoms with van der Waals surface area (Å²) in [5, 5.41) is 7.49. The van der Waals surface area contributed by atoms with Crippen LogP contribution < -0.4 is 10.5 Å². The zero-order chi connectivity index (χ0) is 26.1. The van der Waals surface area contributed by atoms with E-state index in [1.165, 1.54) is 6.07 Å². The number of benzene rings is 1. The van der Waals surface area contributed by atoms with E-state index in [-0.39, 0.29) is 22.8 Å². The Balaban J connectivity index is 0.000000437. The number of rotatable bonds is 4. The number of anilines is 2. The smallest absolute Gasteiger partial charge is 0.382 e. The molecule has 34 heavy (non-hydrogen) atoms. The third-order valence-electron chi connectivity index (χ3n) is 4.84. The number of aromatic nitrogens is 2. The molecule has 1 aromatic carbocycles. The van der Waals surface area contributed by atoms with Crippen LogP contribution in [-0.4, -0.2) is 55.6 Å². The number of aryl methyl sites for hydroxylation is 1. The first-order valence-corrected chi connectivity index (χ1v) is 12.2. The molecule has 0 unspecified atom stereocenters. The lowest BCUT2D eigenvalue weighted by Crippen LogP contribution is -2.35. The van der Waals surface area contributed by atoms with Gasteiger partial charge in [-0.3, -0.25) is 4.72 Å². The van der Waals surface area contributed by atoms with Gasteiger partial charge in [-0.05, 0) is 56.6 Å². The highest BCUT2D eigenvalue weighted by molar-refractivity contribution is 7.92. The van der Waals surface area contributed by atoms with Crippen molar-refractivity contribution in [2.75, 3.05) is 36.3 Å². The first-order chi connectivity index (χ1) is 15.8. The summed E-state index contributed by atoms with van der Waals surface area (Å²) < 4.78 is 76.0. The molecule has 0 radical (unpaired) electrons. The molecule has 1 fully saturated rings. The fourth-order valence-electron chi connectivity index (χ4n) is 3.14. The van der Waals surface area contributed by atoms with Gasteiger partial charge in [0.15, 0.2) is 0 Å². The Morgan fingerprint density at radius 1 is 1.24 bits per heavy atom. The number of hydrogen-bond acceptors (Lipinski definition) is 6. The molecule has 12 heteroatoms. The second-order valence-electron chi connectivity index (χ2n) is 7.56. The highest BCUT2D eigenvalue weighted by atomic mass is 32.2. The van der Waals surface area contributed by atoms with E-state index in [0.29, 0.717) is 18.2 Å². The molecule has 1 aliphatic rings. The fraction of sp³-hybridized carbons (Fsp3) is 0.455. The minimum atomic E-state index is -4.60. The molecule has 188 valence electrons. The van der Waals surface area contributed by atoms with Gasteiger partial charge in [0.2, 0.25) is 10.0 Å². The fourth-order valence-corrected chi connectivity index (χ4v) is 3.71. The largest absolute Gasteiger partial charge is 0.416 e. The van der Waals surface area contributed by atoms with E-state index in [1.807, 2.05) is 0 Å². The van der Waals surface area contributed by atoms with E-state index in [2.05, 4.69) is 39.6 Å². The van der Waals surface area contributed by atoms with Gasteiger partial charge in [-0.1, -0.05) is 13.0 Å². The molecule has 7 nitrogen and oxygen atoms in total. The lowest BCUT2D eigenvalue weighted by molar-refractivity contribution is -0.137. The summed E-state index contributed by atoms with van der Waals surface area (Å²) in [7, 11) is -3.78. The van der Waals surface area contributed by atoms with Gasteiger partial charge in [-0.15, -0.1) is 23.0 Å². The van der Waals surface area contributed by atoms with Gasteiger partial charge < -0.3 is 10.6 Å². The van der Waals surface area contributed by atoms with Crippen molar-refractivity contribution >= 4 is 21.5 Å². The molecule has 0 saturated carbocycles. The zero-order valence-electron chi connectivity index (χ0n) is 19.2. The van der Waals surface area contributed by atoms with Crippen LogP contribution in [0.3, 0.4) is 0 Å². The Hall–Kier alpha value is -2.91. The number of piperidine rings is 1. The van der Waals surface area contributed by atoms with Gasteiger partial charge in [-0.25, -0.2) is 12.8 Å². The van der Waals surface area contributed by atoms with E-state index >= 15 is 0 Å². The van der Waals surface area contributed by atoms with Gasteiger partial charge in [0.1, 0.15) is 12.0 Å². The van der Waals surface area contributed by atoms with Gasteiger partial charge >= 0.3 is 6.18 Å². The van der Waals surface area contributed by atoms with E-state index in [9.17, 15) is 26.0 Å². The number of terminal acetylenes is 1. The van der Waals surface area contributed by atoms with Crippen molar-refractivity contribution in [1.29, 1.82) is 0 Å². The highest BCUT2D eigenvalue weighted by Gasteiger charge is 2.31. The minimum absolute atomic E-state index is 0.166. The molecule has 1 saturated heterocycles. The molecule has 0 aliphatic carbocycles. The number of nitrogens with zero attached hydrogens (tertiary/aromatic N) is 3. The summed E-state index contributed by atoms with van der Waals surface area (Å²) >= 11 is 0. The molecule has 2 aromatic rings. The topological polar surface area (TPSA) is 101 Å². The number of nitrogens with one attached hydrogen (secondary N) is 1. The van der Waals surface area contributed by atoms with Crippen molar-refractivity contribution in [1.82, 2.24) is 15.1 Å². The normalized spacial score (nSPS) is 16.4. The van der Waals surface area contributed by atoms with Crippen LogP contribution >= 0.6 is 0 Å². The van der Waals surface area contributed by atoms with Crippen molar-refractivity contribution in [3.63, 3.8) is 0 Å². The average molecular weight is 504 g/mol. The summed E-state index contributed by atoms with van der Waals surface area (Å²) in [5.74, 6) is 0.179. The summed E-state index contributed by atoms with van der Waals surface area (Å²) in [6.07, 6.45) is 5.50. The molecule has 0 bridgehead atoms. The summed E-state index contributed by atoms with van der Waals surface area (Å²) in [4.78, 5) is 2.16. The second kappa shape index (κ2) is 12.5. The lowest BCUT2D eigenvalue weighted by atomic mass is 10.0. The summed E-state index contributed by atoms with van der Waals surface area (Å²) in [6.45, 7) is 6.49. The summed E-state index contributed by atoms with van der Waals surface area (Å²) in [6, 6.07) is 4.20. The molecule has 0 amide bonds. The molecule has 1 aromatic heterocycles. The number of nitrogens with two attached hydrogens (primary N) is 1. The predicted octanol–water partition coefficient (Wildman–Crippen LogP) is 4.11. The number of sulfonamides is 1. The molecular formula is C22H29F4N5O2S. The van der Waals surface area contributed by atoms with E-state index in [4.69, 9.17) is 5.73 Å². The number of halogens is 4. The standard InChI is InChI=1S/C13H13F3N4O2S.C7H14FN.C2H2/c1-7-5-10(18-19-12(7)17)9-4-3-8(13(14,15)16)6-11(9)20-23(2,21)22;1-2-9-5-3-4-7(8)6-9;1-2/h3-6,20H,1-2H3,(H2,17,19);7H,2-6H2,1H3;1-2H/t;7-;/m.1./s1. The Morgan fingerprint density at radius 3 is 2.35 bits per heavy atom. The Kier molecular flexibility index (Phi) is 10.7. The highest BCUT2D eigenvalue weighted by Crippen LogP contribution is 2.36. The van der Waals surface area contributed by atoms with Crippen LogP contribution in [0.1, 0.15) is 30.9 Å². The van der Waals surface area contributed by atoms with Gasteiger partial charge in [-0.2, -0.15) is 13.2 Å². The van der Waals surface area contributed by atoms with Gasteiger partial charge in [0, 0.05) is 12.1 Å². The quantitative estimate of drug-likeness (QED) is 0.481. The van der Waals surface area contributed by atoms with Crippen molar-refractivity contribution in [3.8, 4) is 24.1 Å². The van der Waals surface area contributed by atoms with E-state index in [1.54, 1.807) is 6.92 Å². The SMILES string of the molecule is C#C.CCN1CCC[C@@H](F)C1.Cc1cc(-c2ccc(C(F)(F)F)cc2NS(C)(=O)=O)nnc1N. The molecule has 1 aliphatic heterocycles. The summed E-state index contributed by atoms with van der Waals surface area (Å²) in [5.41, 5.74) is 5.28.